The van der Waals surface area contributed by atoms with Crippen LogP contribution in [0.4, 0.5) is 11.4 Å². The first-order chi connectivity index (χ1) is 11.7. The molecule has 0 bridgehead atoms. The zero-order valence-electron chi connectivity index (χ0n) is 13.5. The van der Waals surface area contributed by atoms with Crippen LogP contribution >= 0.6 is 0 Å². The molecule has 2 heterocycles. The predicted octanol–water partition coefficient (Wildman–Crippen LogP) is 2.63. The molecule has 1 aromatic carbocycles. The Bertz CT molecular complexity index is 629. The van der Waals surface area contributed by atoms with Gasteiger partial charge in [0.25, 0.3) is 5.69 Å². The van der Waals surface area contributed by atoms with E-state index in [0.29, 0.717) is 6.61 Å². The van der Waals surface area contributed by atoms with Gasteiger partial charge in [0.05, 0.1) is 23.7 Å². The normalized spacial score (nSPS) is 21.6. The summed E-state index contributed by atoms with van der Waals surface area (Å²) in [5.41, 5.74) is 0.819. The molecular weight excluding hydrogens is 310 g/mol. The Morgan fingerprint density at radius 1 is 1.38 bits per heavy atom. The Kier molecular flexibility index (Phi) is 5.28. The average Bonchev–Trinajstić information content (AvgIpc) is 3.13. The number of nitriles is 1. The summed E-state index contributed by atoms with van der Waals surface area (Å²) in [6.45, 7) is 3.15. The molecule has 2 aliphatic rings. The Hall–Kier alpha value is -2.17. The highest BCUT2D eigenvalue weighted by Gasteiger charge is 2.24. The van der Waals surface area contributed by atoms with Crippen LogP contribution in [-0.4, -0.2) is 43.4 Å². The number of rotatable bonds is 5. The van der Waals surface area contributed by atoms with Gasteiger partial charge >= 0.3 is 0 Å². The van der Waals surface area contributed by atoms with E-state index in [1.807, 2.05) is 6.07 Å². The van der Waals surface area contributed by atoms with E-state index in [1.54, 1.807) is 12.1 Å². The van der Waals surface area contributed by atoms with Crippen LogP contribution in [0, 0.1) is 21.4 Å². The molecule has 0 unspecified atom stereocenters. The van der Waals surface area contributed by atoms with Crippen molar-refractivity contribution in [3.63, 3.8) is 0 Å². The van der Waals surface area contributed by atoms with E-state index in [-0.39, 0.29) is 23.5 Å². The number of nitro benzene ring substituents is 1. The quantitative estimate of drug-likeness (QED) is 0.609. The van der Waals surface area contributed by atoms with Crippen LogP contribution in [0.5, 0.6) is 0 Å². The largest absolute Gasteiger partial charge is 0.376 e. The van der Waals surface area contributed by atoms with Crippen LogP contribution in [0.1, 0.15) is 31.2 Å². The van der Waals surface area contributed by atoms with Crippen molar-refractivity contribution in [3.05, 3.63) is 33.9 Å². The fourth-order valence-electron chi connectivity index (χ4n) is 3.27. The van der Waals surface area contributed by atoms with E-state index in [2.05, 4.69) is 4.90 Å². The highest BCUT2D eigenvalue weighted by Crippen LogP contribution is 2.27. The van der Waals surface area contributed by atoms with E-state index >= 15 is 0 Å². The van der Waals surface area contributed by atoms with Crippen molar-refractivity contribution < 1.29 is 14.4 Å². The van der Waals surface area contributed by atoms with Crippen LogP contribution in [-0.2, 0) is 9.47 Å². The Balaban J connectivity index is 1.54. The monoisotopic (exact) mass is 331 g/mol. The maximum Gasteiger partial charge on any atom is 0.287 e. The standard InChI is InChI=1S/C17H21N3O4/c18-11-13-10-14(3-4-17(13)20(21)22)19-7-5-15(6-8-19)24-12-16-2-1-9-23-16/h3-4,10,15-16H,1-2,5-9,12H2/t16-/m0/s1. The second-order valence-electron chi connectivity index (χ2n) is 6.23. The summed E-state index contributed by atoms with van der Waals surface area (Å²) in [6.07, 6.45) is 4.50. The van der Waals surface area contributed by atoms with Crippen molar-refractivity contribution in [1.82, 2.24) is 0 Å². The number of piperidine rings is 1. The molecule has 2 saturated heterocycles. The number of benzene rings is 1. The molecule has 24 heavy (non-hydrogen) atoms. The van der Waals surface area contributed by atoms with Crippen molar-refractivity contribution in [2.24, 2.45) is 0 Å². The number of anilines is 1. The van der Waals surface area contributed by atoms with E-state index in [4.69, 9.17) is 14.7 Å². The topological polar surface area (TPSA) is 88.6 Å². The first-order valence-electron chi connectivity index (χ1n) is 8.34. The molecular formula is C17H21N3O4. The SMILES string of the molecule is N#Cc1cc(N2CCC(OC[C@@H]3CCCO3)CC2)ccc1[N+](=O)[O-]. The van der Waals surface area contributed by atoms with Gasteiger partial charge in [-0.2, -0.15) is 5.26 Å². The highest BCUT2D eigenvalue weighted by atomic mass is 16.6. The molecule has 1 atom stereocenters. The summed E-state index contributed by atoms with van der Waals surface area (Å²) in [5.74, 6) is 0. The second kappa shape index (κ2) is 7.60. The number of ether oxygens (including phenoxy) is 2. The third kappa shape index (κ3) is 3.83. The lowest BCUT2D eigenvalue weighted by atomic mass is 10.1. The molecule has 0 N–H and O–H groups in total. The van der Waals surface area contributed by atoms with Crippen LogP contribution in [0.2, 0.25) is 0 Å². The minimum Gasteiger partial charge on any atom is -0.376 e. The molecule has 2 aliphatic heterocycles. The first kappa shape index (κ1) is 16.7. The van der Waals surface area contributed by atoms with Gasteiger partial charge in [0.2, 0.25) is 0 Å². The number of hydrogen-bond donors (Lipinski definition) is 0. The van der Waals surface area contributed by atoms with Crippen LogP contribution < -0.4 is 4.90 Å². The van der Waals surface area contributed by atoms with Crippen molar-refractivity contribution in [2.45, 2.75) is 37.9 Å². The second-order valence-corrected chi connectivity index (χ2v) is 6.23. The lowest BCUT2D eigenvalue weighted by molar-refractivity contribution is -0.385. The van der Waals surface area contributed by atoms with Gasteiger partial charge in [-0.15, -0.1) is 0 Å². The molecule has 0 amide bonds. The van der Waals surface area contributed by atoms with Crippen LogP contribution in [0.25, 0.3) is 0 Å². The van der Waals surface area contributed by atoms with Gasteiger partial charge < -0.3 is 14.4 Å². The summed E-state index contributed by atoms with van der Waals surface area (Å²) in [6, 6.07) is 6.64. The summed E-state index contributed by atoms with van der Waals surface area (Å²) in [5, 5.41) is 20.0. The highest BCUT2D eigenvalue weighted by molar-refractivity contribution is 5.60. The molecule has 0 radical (unpaired) electrons. The lowest BCUT2D eigenvalue weighted by Crippen LogP contribution is -2.38. The summed E-state index contributed by atoms with van der Waals surface area (Å²) < 4.78 is 11.5. The average molecular weight is 331 g/mol. The Morgan fingerprint density at radius 3 is 2.79 bits per heavy atom. The van der Waals surface area contributed by atoms with Gasteiger partial charge in [-0.3, -0.25) is 10.1 Å². The minimum atomic E-state index is -0.520. The van der Waals surface area contributed by atoms with E-state index in [9.17, 15) is 10.1 Å². The number of hydrogen-bond acceptors (Lipinski definition) is 6. The van der Waals surface area contributed by atoms with Crippen molar-refractivity contribution in [2.75, 3.05) is 31.2 Å². The molecule has 3 rings (SSSR count). The number of nitro groups is 1. The number of nitrogens with zero attached hydrogens (tertiary/aromatic N) is 3. The molecule has 7 heteroatoms. The van der Waals surface area contributed by atoms with Crippen LogP contribution in [0.15, 0.2) is 18.2 Å². The van der Waals surface area contributed by atoms with Gasteiger partial charge in [0, 0.05) is 31.5 Å². The molecule has 7 nitrogen and oxygen atoms in total. The first-order valence-corrected chi connectivity index (χ1v) is 8.34. The van der Waals surface area contributed by atoms with Crippen molar-refractivity contribution in [3.8, 4) is 6.07 Å². The Morgan fingerprint density at radius 2 is 2.17 bits per heavy atom. The van der Waals surface area contributed by atoms with E-state index in [1.165, 1.54) is 6.07 Å². The zero-order chi connectivity index (χ0) is 16.9. The maximum absolute atomic E-state index is 10.9. The minimum absolute atomic E-state index is 0.106. The third-order valence-electron chi connectivity index (χ3n) is 4.65. The van der Waals surface area contributed by atoms with Gasteiger partial charge in [-0.25, -0.2) is 0 Å². The maximum atomic E-state index is 10.9. The third-order valence-corrected chi connectivity index (χ3v) is 4.65. The molecule has 128 valence electrons. The van der Waals surface area contributed by atoms with Gasteiger partial charge in [-0.1, -0.05) is 0 Å². The lowest BCUT2D eigenvalue weighted by Gasteiger charge is -2.34. The van der Waals surface area contributed by atoms with Crippen LogP contribution in [0.3, 0.4) is 0 Å². The Labute approximate surface area is 140 Å². The molecule has 2 fully saturated rings. The zero-order valence-corrected chi connectivity index (χ0v) is 13.5. The summed E-state index contributed by atoms with van der Waals surface area (Å²) in [4.78, 5) is 12.5. The molecule has 0 saturated carbocycles. The molecule has 1 aromatic rings. The van der Waals surface area contributed by atoms with Gasteiger partial charge in [-0.05, 0) is 37.8 Å². The van der Waals surface area contributed by atoms with Gasteiger partial charge in [0.1, 0.15) is 11.6 Å². The summed E-state index contributed by atoms with van der Waals surface area (Å²) in [7, 11) is 0. The van der Waals surface area contributed by atoms with Crippen molar-refractivity contribution >= 4 is 11.4 Å². The molecule has 0 spiro atoms. The van der Waals surface area contributed by atoms with Gasteiger partial charge in [0.15, 0.2) is 0 Å². The smallest absolute Gasteiger partial charge is 0.287 e. The fraction of sp³-hybridized carbons (Fsp3) is 0.588. The summed E-state index contributed by atoms with van der Waals surface area (Å²) >= 11 is 0. The fourth-order valence-corrected chi connectivity index (χ4v) is 3.27. The molecule has 0 aliphatic carbocycles. The van der Waals surface area contributed by atoms with Crippen molar-refractivity contribution in [1.29, 1.82) is 5.26 Å². The predicted molar refractivity (Wildman–Crippen MR) is 88.0 cm³/mol. The van der Waals surface area contributed by atoms with E-state index < -0.39 is 4.92 Å². The van der Waals surface area contributed by atoms with E-state index in [0.717, 1.165) is 51.1 Å². The molecule has 0 aromatic heterocycles.